The van der Waals surface area contributed by atoms with E-state index in [9.17, 15) is 17.8 Å². The van der Waals surface area contributed by atoms with Crippen LogP contribution in [0.4, 0.5) is 10.5 Å². The second kappa shape index (κ2) is 6.85. The Morgan fingerprint density at radius 1 is 1.08 bits per heavy atom. The fraction of sp³-hybridized carbons (Fsp3) is 0.278. The maximum atomic E-state index is 12.1. The average Bonchev–Trinajstić information content (AvgIpc) is 2.44. The molecule has 0 fully saturated rings. The van der Waals surface area contributed by atoms with Crippen LogP contribution in [0.3, 0.4) is 0 Å². The summed E-state index contributed by atoms with van der Waals surface area (Å²) in [6.45, 7) is 7.04. The van der Waals surface area contributed by atoms with Crippen molar-refractivity contribution in [2.24, 2.45) is 0 Å². The molecule has 6 nitrogen and oxygen atoms in total. The molecule has 2 aromatic carbocycles. The molecule has 2 rings (SSSR count). The molecule has 7 heteroatoms. The molecule has 0 saturated carbocycles. The number of ether oxygens (including phenoxy) is 1. The Balaban J connectivity index is 2.52. The zero-order valence-electron chi connectivity index (χ0n) is 14.5. The molecule has 2 aromatic rings. The molecule has 0 atom stereocenters. The smallest absolute Gasteiger partial charge is 0.412 e. The van der Waals surface area contributed by atoms with Crippen LogP contribution < -0.4 is 5.32 Å². The minimum Gasteiger partial charge on any atom is -0.444 e. The fourth-order valence-corrected chi connectivity index (χ4v) is 3.01. The minimum absolute atomic E-state index is 0.225. The molecule has 0 unspecified atom stereocenters. The van der Waals surface area contributed by atoms with Gasteiger partial charge in [-0.05, 0) is 45.9 Å². The van der Waals surface area contributed by atoms with Crippen molar-refractivity contribution >= 4 is 21.9 Å². The van der Waals surface area contributed by atoms with Crippen molar-refractivity contribution in [1.82, 2.24) is 0 Å². The number of aryl methyl sites for hydroxylation is 1. The molecule has 1 amide bonds. The van der Waals surface area contributed by atoms with Crippen LogP contribution in [0.1, 0.15) is 26.3 Å². The summed E-state index contributed by atoms with van der Waals surface area (Å²) in [6.07, 6.45) is -0.652. The Kier molecular flexibility index (Phi) is 5.20. The summed E-state index contributed by atoms with van der Waals surface area (Å²) in [5, 5.41) is 2.63. The first kappa shape index (κ1) is 19.0. The van der Waals surface area contributed by atoms with E-state index in [4.69, 9.17) is 4.74 Å². The van der Waals surface area contributed by atoms with Crippen LogP contribution in [0.25, 0.3) is 11.1 Å². The zero-order valence-corrected chi connectivity index (χ0v) is 15.3. The first-order valence-corrected chi connectivity index (χ1v) is 9.09. The summed E-state index contributed by atoms with van der Waals surface area (Å²) < 4.78 is 38.1. The third-order valence-electron chi connectivity index (χ3n) is 3.27. The first-order chi connectivity index (χ1) is 11.5. The third kappa shape index (κ3) is 5.04. The van der Waals surface area contributed by atoms with Crippen molar-refractivity contribution in [2.45, 2.75) is 38.2 Å². The summed E-state index contributed by atoms with van der Waals surface area (Å²) in [7, 11) is -4.42. The van der Waals surface area contributed by atoms with Gasteiger partial charge in [0.2, 0.25) is 0 Å². The largest absolute Gasteiger partial charge is 0.444 e. The number of benzene rings is 2. The number of anilines is 1. The van der Waals surface area contributed by atoms with Crippen LogP contribution in [0.5, 0.6) is 0 Å². The normalized spacial score (nSPS) is 11.9. The van der Waals surface area contributed by atoms with Gasteiger partial charge in [-0.3, -0.25) is 9.87 Å². The van der Waals surface area contributed by atoms with Crippen LogP contribution in [0.2, 0.25) is 0 Å². The van der Waals surface area contributed by atoms with Gasteiger partial charge in [0.25, 0.3) is 10.1 Å². The maximum absolute atomic E-state index is 12.1. The Bertz CT molecular complexity index is 898. The second-order valence-corrected chi connectivity index (χ2v) is 8.04. The summed E-state index contributed by atoms with van der Waals surface area (Å²) in [5.74, 6) is 0. The number of rotatable bonds is 3. The van der Waals surface area contributed by atoms with Crippen LogP contribution in [-0.4, -0.2) is 24.7 Å². The highest BCUT2D eigenvalue weighted by atomic mass is 32.2. The maximum Gasteiger partial charge on any atom is 0.412 e. The van der Waals surface area contributed by atoms with E-state index in [1.807, 2.05) is 0 Å². The van der Waals surface area contributed by atoms with Crippen molar-refractivity contribution < 1.29 is 22.5 Å². The highest BCUT2D eigenvalue weighted by Crippen LogP contribution is 2.34. The molecule has 2 N–H and O–H groups in total. The summed E-state index contributed by atoms with van der Waals surface area (Å²) in [5.41, 5.74) is 1.29. The summed E-state index contributed by atoms with van der Waals surface area (Å²) >= 11 is 0. The topological polar surface area (TPSA) is 92.7 Å². The summed E-state index contributed by atoms with van der Waals surface area (Å²) in [4.78, 5) is 11.8. The molecule has 0 heterocycles. The molecule has 0 aliphatic heterocycles. The molecule has 0 aromatic heterocycles. The Morgan fingerprint density at radius 3 is 2.32 bits per heavy atom. The average molecular weight is 363 g/mol. The predicted molar refractivity (Wildman–Crippen MR) is 96.3 cm³/mol. The Morgan fingerprint density at radius 2 is 1.72 bits per heavy atom. The number of carbonyl (C=O) groups excluding carboxylic acids is 1. The van der Waals surface area contributed by atoms with Crippen molar-refractivity contribution in [3.05, 3.63) is 48.0 Å². The third-order valence-corrected chi connectivity index (χ3v) is 4.18. The highest BCUT2D eigenvalue weighted by molar-refractivity contribution is 7.86. The van der Waals surface area contributed by atoms with Gasteiger partial charge in [0.05, 0.1) is 5.69 Å². The van der Waals surface area contributed by atoms with E-state index in [0.29, 0.717) is 16.8 Å². The van der Waals surface area contributed by atoms with E-state index >= 15 is 0 Å². The lowest BCUT2D eigenvalue weighted by molar-refractivity contribution is 0.0636. The lowest BCUT2D eigenvalue weighted by Crippen LogP contribution is -2.27. The van der Waals surface area contributed by atoms with Gasteiger partial charge < -0.3 is 4.74 Å². The molecule has 0 aliphatic rings. The van der Waals surface area contributed by atoms with E-state index in [1.165, 1.54) is 6.07 Å². The molecule has 0 saturated heterocycles. The monoisotopic (exact) mass is 363 g/mol. The number of amides is 1. The highest BCUT2D eigenvalue weighted by Gasteiger charge is 2.21. The van der Waals surface area contributed by atoms with E-state index in [1.54, 1.807) is 64.1 Å². The lowest BCUT2D eigenvalue weighted by atomic mass is 10.0. The number of nitrogens with one attached hydrogen (secondary N) is 1. The predicted octanol–water partition coefficient (Wildman–Crippen LogP) is 4.26. The number of para-hydroxylation sites is 1. The van der Waals surface area contributed by atoms with Gasteiger partial charge >= 0.3 is 6.09 Å². The van der Waals surface area contributed by atoms with Crippen molar-refractivity contribution in [1.29, 1.82) is 0 Å². The van der Waals surface area contributed by atoms with Crippen molar-refractivity contribution in [3.8, 4) is 11.1 Å². The molecule has 0 radical (unpaired) electrons. The minimum atomic E-state index is -4.42. The van der Waals surface area contributed by atoms with Gasteiger partial charge in [-0.2, -0.15) is 8.42 Å². The molecular weight excluding hydrogens is 342 g/mol. The summed E-state index contributed by atoms with van der Waals surface area (Å²) in [6, 6.07) is 11.3. The number of hydrogen-bond acceptors (Lipinski definition) is 4. The SMILES string of the molecule is Cc1ccc(S(=O)(=O)O)c(-c2ccccc2NC(=O)OC(C)(C)C)c1. The van der Waals surface area contributed by atoms with Crippen LogP contribution in [0.15, 0.2) is 47.4 Å². The van der Waals surface area contributed by atoms with E-state index in [0.717, 1.165) is 5.56 Å². The van der Waals surface area contributed by atoms with Crippen LogP contribution in [-0.2, 0) is 14.9 Å². The van der Waals surface area contributed by atoms with E-state index < -0.39 is 21.8 Å². The molecule has 0 bridgehead atoms. The fourth-order valence-electron chi connectivity index (χ4n) is 2.32. The molecular formula is C18H21NO5S. The van der Waals surface area contributed by atoms with Crippen LogP contribution in [0, 0.1) is 6.92 Å². The second-order valence-electron chi connectivity index (χ2n) is 6.65. The van der Waals surface area contributed by atoms with Gasteiger partial charge in [0.1, 0.15) is 10.5 Å². The van der Waals surface area contributed by atoms with Crippen molar-refractivity contribution in [3.63, 3.8) is 0 Å². The Hall–Kier alpha value is -2.38. The lowest BCUT2D eigenvalue weighted by Gasteiger charge is -2.21. The van der Waals surface area contributed by atoms with Crippen molar-refractivity contribution in [2.75, 3.05) is 5.32 Å². The van der Waals surface area contributed by atoms with Gasteiger partial charge in [-0.15, -0.1) is 0 Å². The first-order valence-electron chi connectivity index (χ1n) is 7.65. The molecule has 0 aliphatic carbocycles. The molecule has 25 heavy (non-hydrogen) atoms. The van der Waals surface area contributed by atoms with Gasteiger partial charge in [0, 0.05) is 11.1 Å². The van der Waals surface area contributed by atoms with Gasteiger partial charge in [0.15, 0.2) is 0 Å². The Labute approximate surface area is 147 Å². The van der Waals surface area contributed by atoms with Gasteiger partial charge in [-0.1, -0.05) is 29.8 Å². The standard InChI is InChI=1S/C18H21NO5S/c1-12-9-10-16(25(21,22)23)14(11-12)13-7-5-6-8-15(13)19-17(20)24-18(2,3)4/h5-11H,1-4H3,(H,19,20)(H,21,22,23). The number of carbonyl (C=O) groups is 1. The number of hydrogen-bond donors (Lipinski definition) is 2. The van der Waals surface area contributed by atoms with Gasteiger partial charge in [-0.25, -0.2) is 4.79 Å². The van der Waals surface area contributed by atoms with E-state index in [-0.39, 0.29) is 4.90 Å². The van der Waals surface area contributed by atoms with Crippen LogP contribution >= 0.6 is 0 Å². The zero-order chi connectivity index (χ0) is 18.8. The molecule has 134 valence electrons. The molecule has 0 spiro atoms. The quantitative estimate of drug-likeness (QED) is 0.795. The van der Waals surface area contributed by atoms with E-state index in [2.05, 4.69) is 5.32 Å².